The van der Waals surface area contributed by atoms with Gasteiger partial charge in [-0.15, -0.1) is 0 Å². The van der Waals surface area contributed by atoms with E-state index >= 15 is 0 Å². The van der Waals surface area contributed by atoms with Crippen LogP contribution >= 0.6 is 15.9 Å². The summed E-state index contributed by atoms with van der Waals surface area (Å²) in [5.41, 5.74) is 2.68. The molecule has 118 valence electrons. The van der Waals surface area contributed by atoms with Crippen LogP contribution in [0.4, 0.5) is 17.6 Å². The first-order valence-corrected chi connectivity index (χ1v) is 8.09. The Morgan fingerprint density at radius 2 is 1.90 bits per heavy atom. The second kappa shape index (κ2) is 5.18. The first-order valence-electron chi connectivity index (χ1n) is 5.81. The number of nitrogens with two attached hydrogens (primary N) is 1. The van der Waals surface area contributed by atoms with Gasteiger partial charge < -0.3 is 5.73 Å². The first-order chi connectivity index (χ1) is 9.52. The summed E-state index contributed by atoms with van der Waals surface area (Å²) in [6.45, 7) is -0.280. The minimum absolute atomic E-state index is 0.110. The molecule has 0 radical (unpaired) electrons. The molecule has 0 atom stereocenters. The average molecular weight is 391 g/mol. The highest BCUT2D eigenvalue weighted by Crippen LogP contribution is 2.49. The third-order valence-corrected chi connectivity index (χ3v) is 5.20. The smallest absolute Gasteiger partial charge is 0.326 e. The molecule has 1 aliphatic carbocycles. The predicted octanol–water partition coefficient (Wildman–Crippen LogP) is 2.42. The molecule has 21 heavy (non-hydrogen) atoms. The Hall–Kier alpha value is -0.710. The molecule has 3 N–H and O–H groups in total. The van der Waals surface area contributed by atoms with Gasteiger partial charge in [-0.2, -0.15) is 17.9 Å². The summed E-state index contributed by atoms with van der Waals surface area (Å²) in [4.78, 5) is -0.854. The third-order valence-electron chi connectivity index (χ3n) is 3.21. The van der Waals surface area contributed by atoms with Gasteiger partial charge in [0.1, 0.15) is 16.3 Å². The number of rotatable bonds is 4. The van der Waals surface area contributed by atoms with Crippen LogP contribution in [0, 0.1) is 5.82 Å². The van der Waals surface area contributed by atoms with Gasteiger partial charge in [-0.25, -0.2) is 12.8 Å². The summed E-state index contributed by atoms with van der Waals surface area (Å²) in [6.07, 6.45) is -5.45. The molecule has 0 unspecified atom stereocenters. The third kappa shape index (κ3) is 3.08. The summed E-state index contributed by atoms with van der Waals surface area (Å²) in [7, 11) is -4.65. The lowest BCUT2D eigenvalue weighted by Gasteiger charge is -2.21. The second-order valence-electron chi connectivity index (χ2n) is 4.77. The van der Waals surface area contributed by atoms with E-state index in [0.717, 1.165) is 6.07 Å². The predicted molar refractivity (Wildman–Crippen MR) is 70.3 cm³/mol. The molecule has 0 saturated heterocycles. The monoisotopic (exact) mass is 390 g/mol. The van der Waals surface area contributed by atoms with Crippen molar-refractivity contribution < 1.29 is 26.0 Å². The zero-order valence-electron chi connectivity index (χ0n) is 10.5. The summed E-state index contributed by atoms with van der Waals surface area (Å²) >= 11 is 2.98. The van der Waals surface area contributed by atoms with Gasteiger partial charge in [0.2, 0.25) is 10.0 Å². The van der Waals surface area contributed by atoms with Crippen LogP contribution in [0.2, 0.25) is 0 Å². The van der Waals surface area contributed by atoms with E-state index in [1.54, 1.807) is 4.72 Å². The Labute approximate surface area is 126 Å². The standard InChI is InChI=1S/C11H11BrF4N2O2S/c12-7-3-6(5-17)9(13)8(4-7)21(19,20)18-10(1-2-10)11(14,15)16/h3-4,18H,1-2,5,17H2. The average Bonchev–Trinajstić information content (AvgIpc) is 3.11. The molecule has 10 heteroatoms. The SMILES string of the molecule is NCc1cc(Br)cc(S(=O)(=O)NC2(C(F)(F)F)CC2)c1F. The van der Waals surface area contributed by atoms with Gasteiger partial charge in [-0.3, -0.25) is 0 Å². The maximum Gasteiger partial charge on any atom is 0.407 e. The molecule has 0 heterocycles. The zero-order valence-corrected chi connectivity index (χ0v) is 12.9. The van der Waals surface area contributed by atoms with Crippen LogP contribution in [0.3, 0.4) is 0 Å². The first kappa shape index (κ1) is 16.7. The van der Waals surface area contributed by atoms with Crippen LogP contribution in [-0.4, -0.2) is 20.1 Å². The molecular formula is C11H11BrF4N2O2S. The summed E-state index contributed by atoms with van der Waals surface area (Å²) in [5, 5.41) is 0. The van der Waals surface area contributed by atoms with Crippen molar-refractivity contribution in [2.24, 2.45) is 5.73 Å². The van der Waals surface area contributed by atoms with Crippen molar-refractivity contribution in [2.75, 3.05) is 0 Å². The molecule has 0 aromatic heterocycles. The highest BCUT2D eigenvalue weighted by atomic mass is 79.9. The molecule has 2 rings (SSSR count). The number of benzene rings is 1. The van der Waals surface area contributed by atoms with Crippen molar-refractivity contribution in [3.63, 3.8) is 0 Å². The van der Waals surface area contributed by atoms with Crippen molar-refractivity contribution >= 4 is 26.0 Å². The molecular weight excluding hydrogens is 380 g/mol. The molecule has 1 fully saturated rings. The van der Waals surface area contributed by atoms with Crippen LogP contribution in [0.25, 0.3) is 0 Å². The van der Waals surface area contributed by atoms with Gasteiger partial charge in [0.15, 0.2) is 0 Å². The molecule has 0 bridgehead atoms. The van der Waals surface area contributed by atoms with Gasteiger partial charge >= 0.3 is 6.18 Å². The van der Waals surface area contributed by atoms with E-state index < -0.39 is 32.5 Å². The van der Waals surface area contributed by atoms with E-state index in [-0.39, 0.29) is 29.4 Å². The van der Waals surface area contributed by atoms with Crippen LogP contribution < -0.4 is 10.5 Å². The molecule has 4 nitrogen and oxygen atoms in total. The molecule has 1 aliphatic rings. The summed E-state index contributed by atoms with van der Waals surface area (Å²) in [5.74, 6) is -1.15. The van der Waals surface area contributed by atoms with Gasteiger partial charge in [-0.1, -0.05) is 15.9 Å². The van der Waals surface area contributed by atoms with E-state index in [9.17, 15) is 26.0 Å². The lowest BCUT2D eigenvalue weighted by Crippen LogP contribution is -2.47. The van der Waals surface area contributed by atoms with E-state index in [4.69, 9.17) is 5.73 Å². The fraction of sp³-hybridized carbons (Fsp3) is 0.455. The van der Waals surface area contributed by atoms with E-state index in [2.05, 4.69) is 15.9 Å². The Bertz CT molecular complexity index is 672. The number of hydrogen-bond donors (Lipinski definition) is 2. The fourth-order valence-electron chi connectivity index (χ4n) is 1.84. The number of hydrogen-bond acceptors (Lipinski definition) is 3. The van der Waals surface area contributed by atoms with Gasteiger partial charge in [-0.05, 0) is 25.0 Å². The van der Waals surface area contributed by atoms with Gasteiger partial charge in [0, 0.05) is 16.6 Å². The van der Waals surface area contributed by atoms with E-state index in [1.165, 1.54) is 6.07 Å². The van der Waals surface area contributed by atoms with Crippen molar-refractivity contribution in [1.82, 2.24) is 4.72 Å². The topological polar surface area (TPSA) is 72.2 Å². The van der Waals surface area contributed by atoms with E-state index in [0.29, 0.717) is 0 Å². The van der Waals surface area contributed by atoms with Crippen LogP contribution in [0.15, 0.2) is 21.5 Å². The molecule has 1 aromatic carbocycles. The van der Waals surface area contributed by atoms with Crippen LogP contribution in [0.1, 0.15) is 18.4 Å². The molecule has 1 aromatic rings. The van der Waals surface area contributed by atoms with Crippen LogP contribution in [0.5, 0.6) is 0 Å². The molecule has 1 saturated carbocycles. The van der Waals surface area contributed by atoms with Gasteiger partial charge in [0.05, 0.1) is 0 Å². The second-order valence-corrected chi connectivity index (χ2v) is 7.33. The number of alkyl halides is 3. The quantitative estimate of drug-likeness (QED) is 0.775. The maximum atomic E-state index is 14.0. The highest BCUT2D eigenvalue weighted by molar-refractivity contribution is 9.10. The number of nitrogens with one attached hydrogen (secondary N) is 1. The zero-order chi connectivity index (χ0) is 16.1. The molecule has 0 aliphatic heterocycles. The minimum Gasteiger partial charge on any atom is -0.326 e. The van der Waals surface area contributed by atoms with Crippen molar-refractivity contribution in [3.8, 4) is 0 Å². The number of halogens is 5. The van der Waals surface area contributed by atoms with Gasteiger partial charge in [0.25, 0.3) is 0 Å². The van der Waals surface area contributed by atoms with E-state index in [1.807, 2.05) is 0 Å². The molecule has 0 spiro atoms. The highest BCUT2D eigenvalue weighted by Gasteiger charge is 2.65. The fourth-order valence-corrected chi connectivity index (χ4v) is 4.09. The Morgan fingerprint density at radius 1 is 1.33 bits per heavy atom. The Kier molecular flexibility index (Phi) is 4.11. The molecule has 0 amide bonds. The Balaban J connectivity index is 2.44. The summed E-state index contributed by atoms with van der Waals surface area (Å²) < 4.78 is 78.4. The lowest BCUT2D eigenvalue weighted by atomic mass is 10.2. The lowest BCUT2D eigenvalue weighted by molar-refractivity contribution is -0.160. The Morgan fingerprint density at radius 3 is 2.33 bits per heavy atom. The largest absolute Gasteiger partial charge is 0.407 e. The maximum absolute atomic E-state index is 14.0. The minimum atomic E-state index is -4.72. The number of sulfonamides is 1. The summed E-state index contributed by atoms with van der Waals surface area (Å²) in [6, 6.07) is 2.17. The van der Waals surface area contributed by atoms with Crippen LogP contribution in [-0.2, 0) is 16.6 Å². The van der Waals surface area contributed by atoms with Crippen molar-refractivity contribution in [2.45, 2.75) is 36.0 Å². The van der Waals surface area contributed by atoms with Crippen molar-refractivity contribution in [1.29, 1.82) is 0 Å². The normalized spacial score (nSPS) is 17.8. The van der Waals surface area contributed by atoms with Crippen molar-refractivity contribution in [3.05, 3.63) is 28.0 Å².